The average molecular weight is 208 g/mol. The monoisotopic (exact) mass is 208 g/mol. The standard InChI is InChI=1S/C13H20O2/c1-8-10-5-6-13(2,9-3-4-9)7-11(10)15-12(8)14/h8-11H,3-7H2,1-2H3. The quantitative estimate of drug-likeness (QED) is 0.619. The maximum Gasteiger partial charge on any atom is 0.309 e. The lowest BCUT2D eigenvalue weighted by Gasteiger charge is -2.39. The molecule has 2 heteroatoms. The van der Waals surface area contributed by atoms with Gasteiger partial charge in [0.25, 0.3) is 0 Å². The first-order valence-electron chi connectivity index (χ1n) is 6.31. The van der Waals surface area contributed by atoms with Crippen LogP contribution in [0, 0.1) is 23.2 Å². The van der Waals surface area contributed by atoms with E-state index in [0.717, 1.165) is 12.3 Å². The van der Waals surface area contributed by atoms with Gasteiger partial charge in [-0.3, -0.25) is 4.79 Å². The molecule has 84 valence electrons. The first kappa shape index (κ1) is 9.68. The summed E-state index contributed by atoms with van der Waals surface area (Å²) in [4.78, 5) is 11.5. The molecule has 1 saturated heterocycles. The number of carbonyl (C=O) groups excluding carboxylic acids is 1. The van der Waals surface area contributed by atoms with Gasteiger partial charge in [-0.2, -0.15) is 0 Å². The number of hydrogen-bond acceptors (Lipinski definition) is 2. The van der Waals surface area contributed by atoms with Crippen molar-refractivity contribution in [3.8, 4) is 0 Å². The molecular weight excluding hydrogens is 188 g/mol. The van der Waals surface area contributed by atoms with E-state index in [0.29, 0.717) is 11.3 Å². The van der Waals surface area contributed by atoms with Crippen molar-refractivity contribution in [3.05, 3.63) is 0 Å². The zero-order valence-electron chi connectivity index (χ0n) is 9.66. The van der Waals surface area contributed by atoms with Crippen LogP contribution < -0.4 is 0 Å². The third kappa shape index (κ3) is 1.41. The molecule has 0 amide bonds. The minimum atomic E-state index is 0.0463. The number of hydrogen-bond donors (Lipinski definition) is 0. The molecule has 0 spiro atoms. The summed E-state index contributed by atoms with van der Waals surface area (Å²) in [5, 5.41) is 0. The van der Waals surface area contributed by atoms with E-state index < -0.39 is 0 Å². The van der Waals surface area contributed by atoms with Crippen molar-refractivity contribution < 1.29 is 9.53 Å². The Morgan fingerprint density at radius 2 is 2.07 bits per heavy atom. The van der Waals surface area contributed by atoms with Crippen molar-refractivity contribution in [1.29, 1.82) is 0 Å². The highest BCUT2D eigenvalue weighted by Crippen LogP contribution is 2.56. The molecular formula is C13H20O2. The molecule has 2 nitrogen and oxygen atoms in total. The Hall–Kier alpha value is -0.530. The fourth-order valence-electron chi connectivity index (χ4n) is 3.68. The molecule has 2 aliphatic carbocycles. The second kappa shape index (κ2) is 2.99. The first-order chi connectivity index (χ1) is 7.10. The van der Waals surface area contributed by atoms with Crippen LogP contribution in [0.1, 0.15) is 46.0 Å². The van der Waals surface area contributed by atoms with Crippen molar-refractivity contribution >= 4 is 5.97 Å². The topological polar surface area (TPSA) is 26.3 Å². The van der Waals surface area contributed by atoms with E-state index in [9.17, 15) is 4.79 Å². The first-order valence-corrected chi connectivity index (χ1v) is 6.31. The average Bonchev–Trinajstić information content (AvgIpc) is 2.97. The van der Waals surface area contributed by atoms with E-state index in [4.69, 9.17) is 4.74 Å². The molecule has 4 unspecified atom stereocenters. The molecule has 3 fully saturated rings. The van der Waals surface area contributed by atoms with E-state index in [1.165, 1.54) is 25.7 Å². The third-order valence-corrected chi connectivity index (χ3v) is 5.04. The molecule has 3 aliphatic rings. The molecule has 0 N–H and O–H groups in total. The second-order valence-corrected chi connectivity index (χ2v) is 6.10. The maximum absolute atomic E-state index is 11.5. The summed E-state index contributed by atoms with van der Waals surface area (Å²) < 4.78 is 5.51. The molecule has 0 aromatic carbocycles. The van der Waals surface area contributed by atoms with Gasteiger partial charge in [-0.25, -0.2) is 0 Å². The molecule has 0 aromatic heterocycles. The Kier molecular flexibility index (Phi) is 1.93. The number of fused-ring (bicyclic) bond motifs is 1. The van der Waals surface area contributed by atoms with Gasteiger partial charge in [0.05, 0.1) is 5.92 Å². The van der Waals surface area contributed by atoms with Crippen LogP contribution in [0.5, 0.6) is 0 Å². The molecule has 1 aliphatic heterocycles. The van der Waals surface area contributed by atoms with Crippen molar-refractivity contribution in [3.63, 3.8) is 0 Å². The van der Waals surface area contributed by atoms with Crippen LogP contribution in [0.4, 0.5) is 0 Å². The lowest BCUT2D eigenvalue weighted by molar-refractivity contribution is -0.145. The summed E-state index contributed by atoms with van der Waals surface area (Å²) in [5.74, 6) is 1.64. The number of carbonyl (C=O) groups is 1. The minimum absolute atomic E-state index is 0.0463. The lowest BCUT2D eigenvalue weighted by atomic mass is 9.66. The lowest BCUT2D eigenvalue weighted by Crippen LogP contribution is -2.36. The highest BCUT2D eigenvalue weighted by Gasteiger charge is 2.52. The summed E-state index contributed by atoms with van der Waals surface area (Å²) >= 11 is 0. The smallest absolute Gasteiger partial charge is 0.309 e. The van der Waals surface area contributed by atoms with Crippen LogP contribution >= 0.6 is 0 Å². The van der Waals surface area contributed by atoms with Gasteiger partial charge in [0, 0.05) is 5.92 Å². The van der Waals surface area contributed by atoms with E-state index in [1.807, 2.05) is 6.92 Å². The van der Waals surface area contributed by atoms with Gasteiger partial charge < -0.3 is 4.74 Å². The number of esters is 1. The van der Waals surface area contributed by atoms with Crippen LogP contribution in [0.2, 0.25) is 0 Å². The summed E-state index contributed by atoms with van der Waals surface area (Å²) in [6, 6.07) is 0. The van der Waals surface area contributed by atoms with Gasteiger partial charge in [0.2, 0.25) is 0 Å². The van der Waals surface area contributed by atoms with Gasteiger partial charge in [0.15, 0.2) is 0 Å². The molecule has 4 atom stereocenters. The van der Waals surface area contributed by atoms with Gasteiger partial charge in [-0.1, -0.05) is 13.8 Å². The normalized spacial score (nSPS) is 50.0. The minimum Gasteiger partial charge on any atom is -0.462 e. The number of ether oxygens (including phenoxy) is 1. The van der Waals surface area contributed by atoms with E-state index in [2.05, 4.69) is 6.92 Å². The summed E-state index contributed by atoms with van der Waals surface area (Å²) in [6.45, 7) is 4.44. The third-order valence-electron chi connectivity index (χ3n) is 5.04. The van der Waals surface area contributed by atoms with Gasteiger partial charge in [-0.15, -0.1) is 0 Å². The van der Waals surface area contributed by atoms with Crippen molar-refractivity contribution in [2.45, 2.75) is 52.1 Å². The van der Waals surface area contributed by atoms with Gasteiger partial charge in [-0.05, 0) is 43.4 Å². The second-order valence-electron chi connectivity index (χ2n) is 6.10. The van der Waals surface area contributed by atoms with Crippen molar-refractivity contribution in [1.82, 2.24) is 0 Å². The highest BCUT2D eigenvalue weighted by atomic mass is 16.6. The van der Waals surface area contributed by atoms with Crippen LogP contribution in [-0.4, -0.2) is 12.1 Å². The zero-order valence-corrected chi connectivity index (χ0v) is 9.66. The fourth-order valence-corrected chi connectivity index (χ4v) is 3.68. The van der Waals surface area contributed by atoms with Gasteiger partial charge in [0.1, 0.15) is 6.10 Å². The summed E-state index contributed by atoms with van der Waals surface area (Å²) in [7, 11) is 0. The van der Waals surface area contributed by atoms with E-state index in [-0.39, 0.29) is 18.0 Å². The summed E-state index contributed by atoms with van der Waals surface area (Å²) in [6.07, 6.45) is 6.67. The van der Waals surface area contributed by atoms with Crippen LogP contribution in [-0.2, 0) is 9.53 Å². The molecule has 1 heterocycles. The SMILES string of the molecule is CC1C(=O)OC2CC(C)(C3CC3)CCC21. The predicted molar refractivity (Wildman–Crippen MR) is 57.2 cm³/mol. The fraction of sp³-hybridized carbons (Fsp3) is 0.923. The van der Waals surface area contributed by atoms with E-state index >= 15 is 0 Å². The van der Waals surface area contributed by atoms with Gasteiger partial charge >= 0.3 is 5.97 Å². The maximum atomic E-state index is 11.5. The molecule has 15 heavy (non-hydrogen) atoms. The Labute approximate surface area is 91.4 Å². The Morgan fingerprint density at radius 3 is 2.73 bits per heavy atom. The molecule has 0 bridgehead atoms. The molecule has 0 aromatic rings. The van der Waals surface area contributed by atoms with E-state index in [1.54, 1.807) is 0 Å². The highest BCUT2D eigenvalue weighted by molar-refractivity contribution is 5.74. The molecule has 2 saturated carbocycles. The van der Waals surface area contributed by atoms with Crippen molar-refractivity contribution in [2.24, 2.45) is 23.2 Å². The van der Waals surface area contributed by atoms with Crippen LogP contribution in [0.25, 0.3) is 0 Å². The zero-order chi connectivity index (χ0) is 10.6. The van der Waals surface area contributed by atoms with Crippen molar-refractivity contribution in [2.75, 3.05) is 0 Å². The van der Waals surface area contributed by atoms with Crippen LogP contribution in [0.15, 0.2) is 0 Å². The Bertz CT molecular complexity index is 295. The summed E-state index contributed by atoms with van der Waals surface area (Å²) in [5.41, 5.74) is 0.478. The number of rotatable bonds is 1. The molecule has 3 rings (SSSR count). The molecule has 0 radical (unpaired) electrons. The Balaban J connectivity index is 1.76. The van der Waals surface area contributed by atoms with Crippen LogP contribution in [0.3, 0.4) is 0 Å². The predicted octanol–water partition coefficient (Wildman–Crippen LogP) is 2.76. The Morgan fingerprint density at radius 1 is 1.33 bits per heavy atom. The largest absolute Gasteiger partial charge is 0.462 e.